The van der Waals surface area contributed by atoms with Crippen molar-refractivity contribution < 1.29 is 19.8 Å². The molecule has 1 aromatic rings. The summed E-state index contributed by atoms with van der Waals surface area (Å²) in [6, 6.07) is -1.45. The van der Waals surface area contributed by atoms with Gasteiger partial charge in [0.2, 0.25) is 0 Å². The van der Waals surface area contributed by atoms with Gasteiger partial charge < -0.3 is 20.0 Å². The van der Waals surface area contributed by atoms with Crippen molar-refractivity contribution in [3.05, 3.63) is 11.6 Å². The molecule has 1 aliphatic heterocycles. The average molecular weight is 283 g/mol. The van der Waals surface area contributed by atoms with Crippen molar-refractivity contribution in [1.29, 1.82) is 0 Å². The molecule has 2 rings (SSSR count). The number of likely N-dealkylation sites (tertiary alicyclic amines) is 1. The largest absolute Gasteiger partial charge is 0.480 e. The van der Waals surface area contributed by atoms with E-state index in [0.29, 0.717) is 11.6 Å². The number of aryl methyl sites for hydroxylation is 1. The molecule has 0 aromatic carbocycles. The Bertz CT molecular complexity index is 517. The molecule has 1 fully saturated rings. The molecule has 1 aromatic heterocycles. The van der Waals surface area contributed by atoms with Crippen LogP contribution in [0.4, 0.5) is 4.79 Å². The first kappa shape index (κ1) is 14.3. The third-order valence-corrected chi connectivity index (χ3v) is 3.16. The van der Waals surface area contributed by atoms with Crippen molar-refractivity contribution in [3.8, 4) is 0 Å². The third-order valence-electron chi connectivity index (χ3n) is 3.16. The zero-order valence-corrected chi connectivity index (χ0v) is 11.3. The predicted octanol–water partition coefficient (Wildman–Crippen LogP) is -0.815. The number of aromatic nitrogens is 3. The summed E-state index contributed by atoms with van der Waals surface area (Å²) < 4.78 is 0. The molecular formula is C11H17N5O4. The average Bonchev–Trinajstić information content (AvgIpc) is 2.94. The number of nitrogens with zero attached hydrogens (tertiary/aromatic N) is 4. The van der Waals surface area contributed by atoms with Crippen LogP contribution in [0.25, 0.3) is 0 Å². The van der Waals surface area contributed by atoms with Gasteiger partial charge in [-0.05, 0) is 6.92 Å². The van der Waals surface area contributed by atoms with Crippen LogP contribution in [0, 0.1) is 6.92 Å². The molecule has 20 heavy (non-hydrogen) atoms. The minimum Gasteiger partial charge on any atom is -0.480 e. The molecule has 0 unspecified atom stereocenters. The highest BCUT2D eigenvalue weighted by Gasteiger charge is 2.40. The fraction of sp³-hybridized carbons (Fsp3) is 0.636. The molecule has 0 saturated carbocycles. The Morgan fingerprint density at radius 2 is 2.25 bits per heavy atom. The minimum absolute atomic E-state index is 0.0210. The number of urea groups is 1. The van der Waals surface area contributed by atoms with Crippen LogP contribution in [0.2, 0.25) is 0 Å². The Balaban J connectivity index is 2.04. The van der Waals surface area contributed by atoms with Crippen LogP contribution in [0.5, 0.6) is 0 Å². The normalized spacial score (nSPS) is 22.1. The van der Waals surface area contributed by atoms with Gasteiger partial charge in [0.1, 0.15) is 11.9 Å². The quantitative estimate of drug-likeness (QED) is 0.666. The van der Waals surface area contributed by atoms with Crippen LogP contribution in [0.15, 0.2) is 0 Å². The van der Waals surface area contributed by atoms with Gasteiger partial charge in [-0.1, -0.05) is 0 Å². The van der Waals surface area contributed by atoms with E-state index < -0.39 is 24.1 Å². The van der Waals surface area contributed by atoms with E-state index in [4.69, 9.17) is 5.11 Å². The fourth-order valence-electron chi connectivity index (χ4n) is 2.22. The summed E-state index contributed by atoms with van der Waals surface area (Å²) >= 11 is 0. The number of nitrogens with one attached hydrogen (secondary N) is 1. The van der Waals surface area contributed by atoms with Crippen LogP contribution in [-0.4, -0.2) is 72.9 Å². The topological polar surface area (TPSA) is 123 Å². The first-order chi connectivity index (χ1) is 9.38. The van der Waals surface area contributed by atoms with Gasteiger partial charge in [-0.3, -0.25) is 5.10 Å². The van der Waals surface area contributed by atoms with Crippen molar-refractivity contribution in [2.45, 2.75) is 32.0 Å². The van der Waals surface area contributed by atoms with E-state index in [1.165, 1.54) is 11.9 Å². The molecule has 2 heterocycles. The minimum atomic E-state index is -1.11. The summed E-state index contributed by atoms with van der Waals surface area (Å²) in [5, 5.41) is 25.2. The van der Waals surface area contributed by atoms with Crippen molar-refractivity contribution >= 4 is 12.0 Å². The monoisotopic (exact) mass is 283 g/mol. The summed E-state index contributed by atoms with van der Waals surface area (Å²) in [5.74, 6) is -0.0251. The van der Waals surface area contributed by atoms with Crippen molar-refractivity contribution in [3.63, 3.8) is 0 Å². The molecule has 2 atom stereocenters. The smallest absolute Gasteiger partial charge is 0.326 e. The SMILES string of the molecule is Cc1nc(CN(C)C(=O)N2C[C@@H](O)C[C@H]2C(=O)O)n[nH]1. The Labute approximate surface area is 115 Å². The lowest BCUT2D eigenvalue weighted by atomic mass is 10.2. The zero-order chi connectivity index (χ0) is 14.9. The zero-order valence-electron chi connectivity index (χ0n) is 11.3. The van der Waals surface area contributed by atoms with Gasteiger partial charge in [0, 0.05) is 20.0 Å². The highest BCUT2D eigenvalue weighted by molar-refractivity contribution is 5.83. The fourth-order valence-corrected chi connectivity index (χ4v) is 2.22. The van der Waals surface area contributed by atoms with Gasteiger partial charge in [-0.25, -0.2) is 14.6 Å². The van der Waals surface area contributed by atoms with Gasteiger partial charge >= 0.3 is 12.0 Å². The molecule has 1 saturated heterocycles. The van der Waals surface area contributed by atoms with E-state index in [1.807, 2.05) is 0 Å². The Kier molecular flexibility index (Phi) is 3.89. The molecule has 2 amide bonds. The predicted molar refractivity (Wildman–Crippen MR) is 66.7 cm³/mol. The molecule has 0 radical (unpaired) electrons. The summed E-state index contributed by atoms with van der Waals surface area (Å²) in [7, 11) is 1.54. The summed E-state index contributed by atoms with van der Waals surface area (Å²) in [5.41, 5.74) is 0. The Hall–Kier alpha value is -2.16. The lowest BCUT2D eigenvalue weighted by Crippen LogP contribution is -2.46. The molecule has 0 aliphatic carbocycles. The molecule has 110 valence electrons. The molecule has 0 spiro atoms. The number of hydrogen-bond donors (Lipinski definition) is 3. The molecular weight excluding hydrogens is 266 g/mol. The van der Waals surface area contributed by atoms with E-state index in [-0.39, 0.29) is 19.5 Å². The Morgan fingerprint density at radius 1 is 1.55 bits per heavy atom. The van der Waals surface area contributed by atoms with Crippen molar-refractivity contribution in [1.82, 2.24) is 25.0 Å². The van der Waals surface area contributed by atoms with Gasteiger partial charge in [0.05, 0.1) is 12.6 Å². The van der Waals surface area contributed by atoms with Crippen molar-refractivity contribution in [2.24, 2.45) is 0 Å². The van der Waals surface area contributed by atoms with Gasteiger partial charge in [0.15, 0.2) is 5.82 Å². The highest BCUT2D eigenvalue weighted by Crippen LogP contribution is 2.20. The maximum atomic E-state index is 12.2. The van der Waals surface area contributed by atoms with Crippen LogP contribution >= 0.6 is 0 Å². The summed E-state index contributed by atoms with van der Waals surface area (Å²) in [4.78, 5) is 29.9. The van der Waals surface area contributed by atoms with Crippen LogP contribution in [0.3, 0.4) is 0 Å². The number of carbonyl (C=O) groups excluding carboxylic acids is 1. The number of hydrogen-bond acceptors (Lipinski definition) is 5. The number of aliphatic hydroxyl groups is 1. The first-order valence-electron chi connectivity index (χ1n) is 6.19. The molecule has 0 bridgehead atoms. The van der Waals surface area contributed by atoms with E-state index in [1.54, 1.807) is 6.92 Å². The van der Waals surface area contributed by atoms with E-state index in [2.05, 4.69) is 15.2 Å². The van der Waals surface area contributed by atoms with Gasteiger partial charge in [-0.15, -0.1) is 0 Å². The molecule has 9 nitrogen and oxygen atoms in total. The van der Waals surface area contributed by atoms with Crippen LogP contribution in [0.1, 0.15) is 18.1 Å². The summed E-state index contributed by atoms with van der Waals surface area (Å²) in [6.07, 6.45) is -0.756. The number of rotatable bonds is 3. The van der Waals surface area contributed by atoms with Gasteiger partial charge in [-0.2, -0.15) is 5.10 Å². The third kappa shape index (κ3) is 2.87. The Morgan fingerprint density at radius 3 is 2.80 bits per heavy atom. The maximum Gasteiger partial charge on any atom is 0.326 e. The molecule has 3 N–H and O–H groups in total. The van der Waals surface area contributed by atoms with Crippen LogP contribution < -0.4 is 0 Å². The van der Waals surface area contributed by atoms with E-state index in [9.17, 15) is 14.7 Å². The molecule has 1 aliphatic rings. The summed E-state index contributed by atoms with van der Waals surface area (Å²) in [6.45, 7) is 1.94. The maximum absolute atomic E-state index is 12.2. The standard InChI is InChI=1S/C11H17N5O4/c1-6-12-9(14-13-6)5-15(2)11(20)16-4-7(17)3-8(16)10(18)19/h7-8,17H,3-5H2,1-2H3,(H,18,19)(H,12,13,14)/t7-,8-/m0/s1. The van der Waals surface area contributed by atoms with Crippen LogP contribution in [-0.2, 0) is 11.3 Å². The van der Waals surface area contributed by atoms with Gasteiger partial charge in [0.25, 0.3) is 0 Å². The second-order valence-corrected chi connectivity index (χ2v) is 4.87. The number of carbonyl (C=O) groups is 2. The second kappa shape index (κ2) is 5.45. The number of aliphatic carboxylic acids is 1. The number of aliphatic hydroxyl groups excluding tert-OH is 1. The molecule has 9 heteroatoms. The first-order valence-corrected chi connectivity index (χ1v) is 6.19. The number of amides is 2. The number of H-pyrrole nitrogens is 1. The van der Waals surface area contributed by atoms with E-state index in [0.717, 1.165) is 4.90 Å². The van der Waals surface area contributed by atoms with Crippen molar-refractivity contribution in [2.75, 3.05) is 13.6 Å². The number of carboxylic acids is 1. The van der Waals surface area contributed by atoms with E-state index >= 15 is 0 Å². The number of β-amino-alcohol motifs (C(OH)–C–C–N with tert-alkyl or cyclic N) is 1. The second-order valence-electron chi connectivity index (χ2n) is 4.87. The number of aromatic amines is 1. The lowest BCUT2D eigenvalue weighted by molar-refractivity contribution is -0.141. The lowest BCUT2D eigenvalue weighted by Gasteiger charge is -2.26. The highest BCUT2D eigenvalue weighted by atomic mass is 16.4. The number of carboxylic acid groups (broad SMARTS) is 1.